The Morgan fingerprint density at radius 3 is 3.00 bits per heavy atom. The summed E-state index contributed by atoms with van der Waals surface area (Å²) >= 11 is 0. The van der Waals surface area contributed by atoms with Crippen molar-refractivity contribution < 1.29 is 4.92 Å². The second-order valence-corrected chi connectivity index (χ2v) is 5.36. The Morgan fingerprint density at radius 2 is 2.40 bits per heavy atom. The Kier molecular flexibility index (Phi) is 4.89. The summed E-state index contributed by atoms with van der Waals surface area (Å²) in [5, 5.41) is 14.6. The van der Waals surface area contributed by atoms with Crippen LogP contribution in [0.3, 0.4) is 0 Å². The number of hydrogen-bond donors (Lipinski definition) is 1. The summed E-state index contributed by atoms with van der Waals surface area (Å²) in [7, 11) is 0. The maximum absolute atomic E-state index is 11.2. The van der Waals surface area contributed by atoms with E-state index in [4.69, 9.17) is 0 Å². The van der Waals surface area contributed by atoms with Crippen LogP contribution in [0, 0.1) is 23.0 Å². The summed E-state index contributed by atoms with van der Waals surface area (Å²) in [6, 6.07) is 1.60. The van der Waals surface area contributed by atoms with Crippen LogP contribution in [0.15, 0.2) is 12.3 Å². The number of aryl methyl sites for hydroxylation is 1. The van der Waals surface area contributed by atoms with Crippen molar-refractivity contribution in [1.29, 1.82) is 0 Å². The number of piperidine rings is 1. The van der Waals surface area contributed by atoms with Crippen LogP contribution in [0.5, 0.6) is 0 Å². The van der Waals surface area contributed by atoms with Crippen LogP contribution in [-0.4, -0.2) is 36.1 Å². The van der Waals surface area contributed by atoms with Gasteiger partial charge in [-0.2, -0.15) is 0 Å². The van der Waals surface area contributed by atoms with Crippen LogP contribution in [0.25, 0.3) is 0 Å². The van der Waals surface area contributed by atoms with Gasteiger partial charge in [0.15, 0.2) is 0 Å². The van der Waals surface area contributed by atoms with Crippen LogP contribution in [-0.2, 0) is 0 Å². The molecule has 0 bridgehead atoms. The minimum Gasteiger partial charge on any atom is -0.351 e. The lowest BCUT2D eigenvalue weighted by Gasteiger charge is -2.29. The van der Waals surface area contributed by atoms with Crippen molar-refractivity contribution >= 4 is 11.5 Å². The fourth-order valence-electron chi connectivity index (χ4n) is 2.68. The van der Waals surface area contributed by atoms with E-state index in [1.54, 1.807) is 12.3 Å². The lowest BCUT2D eigenvalue weighted by atomic mass is 9.99. The van der Waals surface area contributed by atoms with Crippen molar-refractivity contribution in [2.45, 2.75) is 26.7 Å². The van der Waals surface area contributed by atoms with E-state index in [0.717, 1.165) is 31.7 Å². The van der Waals surface area contributed by atoms with Gasteiger partial charge in [-0.25, -0.2) is 4.98 Å². The van der Waals surface area contributed by atoms with E-state index < -0.39 is 0 Å². The van der Waals surface area contributed by atoms with Crippen molar-refractivity contribution in [2.75, 3.05) is 31.1 Å². The molecule has 0 radical (unpaired) electrons. The Labute approximate surface area is 119 Å². The normalized spacial score (nSPS) is 18.8. The van der Waals surface area contributed by atoms with Crippen molar-refractivity contribution in [3.05, 3.63) is 27.9 Å². The highest BCUT2D eigenvalue weighted by Crippen LogP contribution is 2.27. The Balaban J connectivity index is 2.19. The van der Waals surface area contributed by atoms with E-state index in [1.165, 1.54) is 12.8 Å². The average Bonchev–Trinajstić information content (AvgIpc) is 2.46. The van der Waals surface area contributed by atoms with E-state index in [0.29, 0.717) is 11.7 Å². The molecule has 0 aromatic carbocycles. The molecule has 1 aliphatic heterocycles. The van der Waals surface area contributed by atoms with Crippen LogP contribution in [0.1, 0.15) is 25.3 Å². The molecule has 6 heteroatoms. The van der Waals surface area contributed by atoms with Crippen molar-refractivity contribution in [2.24, 2.45) is 5.92 Å². The molecule has 1 unspecified atom stereocenters. The molecule has 0 spiro atoms. The first-order chi connectivity index (χ1) is 9.61. The van der Waals surface area contributed by atoms with Gasteiger partial charge in [0.1, 0.15) is 0 Å². The molecule has 0 aliphatic carbocycles. The van der Waals surface area contributed by atoms with E-state index in [9.17, 15) is 10.1 Å². The topological polar surface area (TPSA) is 71.3 Å². The molecule has 1 fully saturated rings. The summed E-state index contributed by atoms with van der Waals surface area (Å²) in [5.41, 5.74) is 0.923. The Hall–Kier alpha value is -1.69. The second-order valence-electron chi connectivity index (χ2n) is 5.36. The van der Waals surface area contributed by atoms with Gasteiger partial charge < -0.3 is 10.2 Å². The molecule has 6 nitrogen and oxygen atoms in total. The fourth-order valence-corrected chi connectivity index (χ4v) is 2.68. The molecule has 2 rings (SSSR count). The Morgan fingerprint density at radius 1 is 1.60 bits per heavy atom. The molecule has 110 valence electrons. The number of rotatable bonds is 5. The molecule has 1 aromatic heterocycles. The Bertz CT molecular complexity index is 472. The summed E-state index contributed by atoms with van der Waals surface area (Å²) < 4.78 is 0. The van der Waals surface area contributed by atoms with Gasteiger partial charge in [-0.3, -0.25) is 10.1 Å². The number of anilines is 1. The zero-order valence-electron chi connectivity index (χ0n) is 12.1. The highest BCUT2D eigenvalue weighted by Gasteiger charge is 2.23. The maximum Gasteiger partial charge on any atom is 0.311 e. The molecule has 1 atom stereocenters. The van der Waals surface area contributed by atoms with Crippen molar-refractivity contribution in [3.63, 3.8) is 0 Å². The summed E-state index contributed by atoms with van der Waals surface area (Å²) in [4.78, 5) is 17.2. The summed E-state index contributed by atoms with van der Waals surface area (Å²) in [6.45, 7) is 7.45. The van der Waals surface area contributed by atoms with E-state index >= 15 is 0 Å². The monoisotopic (exact) mass is 278 g/mol. The number of nitro groups is 1. The lowest BCUT2D eigenvalue weighted by Crippen LogP contribution is -2.38. The third-order valence-corrected chi connectivity index (χ3v) is 3.74. The first-order valence-electron chi connectivity index (χ1n) is 7.18. The highest BCUT2D eigenvalue weighted by atomic mass is 16.6. The van der Waals surface area contributed by atoms with Crippen LogP contribution in [0.4, 0.5) is 11.5 Å². The fraction of sp³-hybridized carbons (Fsp3) is 0.643. The number of aromatic nitrogens is 1. The predicted octanol–water partition coefficient (Wildman–Crippen LogP) is 2.12. The van der Waals surface area contributed by atoms with Gasteiger partial charge in [-0.15, -0.1) is 0 Å². The quantitative estimate of drug-likeness (QED) is 0.660. The lowest BCUT2D eigenvalue weighted by molar-refractivity contribution is -0.384. The van der Waals surface area contributed by atoms with Crippen LogP contribution in [0.2, 0.25) is 0 Å². The number of hydrogen-bond acceptors (Lipinski definition) is 5. The molecule has 1 N–H and O–H groups in total. The SMILES string of the molecule is CCN(CC1CCCNC1)c1ncc(C)cc1[N+](=O)[O-]. The van der Waals surface area contributed by atoms with Crippen LogP contribution < -0.4 is 10.2 Å². The molecule has 2 heterocycles. The largest absolute Gasteiger partial charge is 0.351 e. The average molecular weight is 278 g/mol. The zero-order valence-corrected chi connectivity index (χ0v) is 12.1. The molecular weight excluding hydrogens is 256 g/mol. The van der Waals surface area contributed by atoms with Crippen LogP contribution >= 0.6 is 0 Å². The molecule has 0 amide bonds. The third kappa shape index (κ3) is 3.45. The smallest absolute Gasteiger partial charge is 0.311 e. The third-order valence-electron chi connectivity index (χ3n) is 3.74. The van der Waals surface area contributed by atoms with Gasteiger partial charge in [0.25, 0.3) is 0 Å². The number of nitrogens with one attached hydrogen (secondary N) is 1. The van der Waals surface area contributed by atoms with Gasteiger partial charge in [-0.1, -0.05) is 0 Å². The molecule has 0 saturated carbocycles. The minimum absolute atomic E-state index is 0.107. The van der Waals surface area contributed by atoms with Gasteiger partial charge in [0.05, 0.1) is 4.92 Å². The first kappa shape index (κ1) is 14.7. The highest BCUT2D eigenvalue weighted by molar-refractivity contribution is 5.58. The van der Waals surface area contributed by atoms with Gasteiger partial charge in [0.2, 0.25) is 5.82 Å². The molecule has 1 saturated heterocycles. The molecular formula is C14H22N4O2. The molecule has 20 heavy (non-hydrogen) atoms. The van der Waals surface area contributed by atoms with E-state index in [2.05, 4.69) is 10.3 Å². The van der Waals surface area contributed by atoms with Crippen molar-refractivity contribution in [1.82, 2.24) is 10.3 Å². The molecule has 1 aromatic rings. The summed E-state index contributed by atoms with van der Waals surface area (Å²) in [5.74, 6) is 1.03. The zero-order chi connectivity index (χ0) is 14.5. The maximum atomic E-state index is 11.2. The van der Waals surface area contributed by atoms with E-state index in [1.807, 2.05) is 18.7 Å². The number of pyridine rings is 1. The summed E-state index contributed by atoms with van der Waals surface area (Å²) in [6.07, 6.45) is 4.04. The second kappa shape index (κ2) is 6.65. The number of nitrogens with zero attached hydrogens (tertiary/aromatic N) is 3. The van der Waals surface area contributed by atoms with Gasteiger partial charge in [-0.05, 0) is 51.3 Å². The minimum atomic E-state index is -0.336. The molecule has 1 aliphatic rings. The first-order valence-corrected chi connectivity index (χ1v) is 7.18. The van der Waals surface area contributed by atoms with Gasteiger partial charge >= 0.3 is 5.69 Å². The predicted molar refractivity (Wildman–Crippen MR) is 79.1 cm³/mol. The standard InChI is InChI=1S/C14H22N4O2/c1-3-17(10-12-5-4-6-15-9-12)14-13(18(19)20)7-11(2)8-16-14/h7-8,12,15H,3-6,9-10H2,1-2H3. The van der Waals surface area contributed by atoms with E-state index in [-0.39, 0.29) is 10.6 Å². The van der Waals surface area contributed by atoms with Gasteiger partial charge in [0, 0.05) is 25.4 Å². The van der Waals surface area contributed by atoms with Crippen molar-refractivity contribution in [3.8, 4) is 0 Å².